The van der Waals surface area contributed by atoms with Crippen LogP contribution in [-0.2, 0) is 9.59 Å². The molecule has 102 valence electrons. The molecule has 2 N–H and O–H groups in total. The second kappa shape index (κ2) is 6.18. The van der Waals surface area contributed by atoms with Gasteiger partial charge in [0.2, 0.25) is 11.8 Å². The number of carbonyl (C=O) groups excluding carboxylic acids is 2. The van der Waals surface area contributed by atoms with Crippen molar-refractivity contribution in [3.05, 3.63) is 0 Å². The fraction of sp³-hybridized carbons (Fsp3) is 0.846. The first-order chi connectivity index (χ1) is 8.66. The number of carbonyl (C=O) groups is 2. The van der Waals surface area contributed by atoms with Crippen molar-refractivity contribution in [1.29, 1.82) is 0 Å². The lowest BCUT2D eigenvalue weighted by Gasteiger charge is -2.35. The quantitative estimate of drug-likeness (QED) is 0.742. The first-order valence-corrected chi connectivity index (χ1v) is 6.96. The molecule has 2 heterocycles. The van der Waals surface area contributed by atoms with Gasteiger partial charge in [-0.1, -0.05) is 6.42 Å². The molecule has 1 atom stereocenters. The predicted octanol–water partition coefficient (Wildman–Crippen LogP) is 0.256. The normalized spacial score (nSPS) is 25.8. The molecule has 0 aliphatic carbocycles. The van der Waals surface area contributed by atoms with Crippen LogP contribution in [0.1, 0.15) is 39.0 Å². The van der Waals surface area contributed by atoms with Crippen LogP contribution >= 0.6 is 0 Å². The first kappa shape index (κ1) is 13.3. The van der Waals surface area contributed by atoms with E-state index in [1.165, 1.54) is 6.42 Å². The Morgan fingerprint density at radius 2 is 1.89 bits per heavy atom. The number of hydrogen-bond acceptors (Lipinski definition) is 3. The molecule has 18 heavy (non-hydrogen) atoms. The molecule has 0 aromatic heterocycles. The monoisotopic (exact) mass is 253 g/mol. The lowest BCUT2D eigenvalue weighted by molar-refractivity contribution is -0.135. The zero-order valence-corrected chi connectivity index (χ0v) is 11.1. The van der Waals surface area contributed by atoms with Gasteiger partial charge in [-0.15, -0.1) is 0 Å². The van der Waals surface area contributed by atoms with E-state index in [1.807, 2.05) is 4.90 Å². The zero-order chi connectivity index (χ0) is 13.0. The molecule has 0 bridgehead atoms. The molecule has 2 aliphatic heterocycles. The number of hydrogen-bond donors (Lipinski definition) is 2. The highest BCUT2D eigenvalue weighted by atomic mass is 16.2. The summed E-state index contributed by atoms with van der Waals surface area (Å²) in [6.45, 7) is 4.03. The second-order valence-electron chi connectivity index (χ2n) is 5.30. The van der Waals surface area contributed by atoms with Gasteiger partial charge >= 0.3 is 0 Å². The van der Waals surface area contributed by atoms with Gasteiger partial charge in [0.05, 0.1) is 6.04 Å². The Hall–Kier alpha value is -1.10. The van der Waals surface area contributed by atoms with Gasteiger partial charge in [0, 0.05) is 26.1 Å². The highest BCUT2D eigenvalue weighted by molar-refractivity contribution is 5.82. The maximum atomic E-state index is 12.3. The molecule has 0 unspecified atom stereocenters. The van der Waals surface area contributed by atoms with Gasteiger partial charge in [-0.3, -0.25) is 9.59 Å². The Kier molecular flexibility index (Phi) is 4.58. The summed E-state index contributed by atoms with van der Waals surface area (Å²) in [5, 5.41) is 6.23. The van der Waals surface area contributed by atoms with E-state index >= 15 is 0 Å². The molecule has 5 heteroatoms. The largest absolute Gasteiger partial charge is 0.353 e. The predicted molar refractivity (Wildman–Crippen MR) is 69.1 cm³/mol. The fourth-order valence-corrected chi connectivity index (χ4v) is 2.81. The summed E-state index contributed by atoms with van der Waals surface area (Å²) >= 11 is 0. The summed E-state index contributed by atoms with van der Waals surface area (Å²) in [4.78, 5) is 25.2. The maximum absolute atomic E-state index is 12.3. The van der Waals surface area contributed by atoms with Gasteiger partial charge in [0.1, 0.15) is 0 Å². The van der Waals surface area contributed by atoms with Crippen LogP contribution in [0.4, 0.5) is 0 Å². The van der Waals surface area contributed by atoms with Crippen LogP contribution in [-0.4, -0.2) is 48.4 Å². The summed E-state index contributed by atoms with van der Waals surface area (Å²) in [6, 6.07) is 0.266. The number of likely N-dealkylation sites (tertiary alicyclic amines) is 1. The molecule has 2 rings (SSSR count). The van der Waals surface area contributed by atoms with Crippen LogP contribution in [0.15, 0.2) is 0 Å². The average Bonchev–Trinajstić information content (AvgIpc) is 2.39. The van der Waals surface area contributed by atoms with Crippen LogP contribution in [0.3, 0.4) is 0 Å². The van der Waals surface area contributed by atoms with Crippen molar-refractivity contribution in [1.82, 2.24) is 15.5 Å². The van der Waals surface area contributed by atoms with Crippen molar-refractivity contribution in [2.75, 3.05) is 19.6 Å². The SMILES string of the molecule is CC(=O)NC1CCN(C(=O)[C@@H]2CCCCN2)CC1. The third-order valence-corrected chi connectivity index (χ3v) is 3.82. The lowest BCUT2D eigenvalue weighted by Crippen LogP contribution is -2.53. The second-order valence-corrected chi connectivity index (χ2v) is 5.30. The summed E-state index contributed by atoms with van der Waals surface area (Å²) < 4.78 is 0. The van der Waals surface area contributed by atoms with E-state index in [9.17, 15) is 9.59 Å². The molecule has 0 radical (unpaired) electrons. The Bertz CT molecular complexity index is 305. The first-order valence-electron chi connectivity index (χ1n) is 6.96. The molecular weight excluding hydrogens is 230 g/mol. The van der Waals surface area contributed by atoms with Crippen LogP contribution in [0.2, 0.25) is 0 Å². The third kappa shape index (κ3) is 3.45. The molecule has 0 saturated carbocycles. The van der Waals surface area contributed by atoms with E-state index in [0.29, 0.717) is 0 Å². The summed E-state index contributed by atoms with van der Waals surface area (Å²) in [7, 11) is 0. The molecule has 0 aromatic carbocycles. The Balaban J connectivity index is 1.78. The smallest absolute Gasteiger partial charge is 0.239 e. The van der Waals surface area contributed by atoms with Crippen LogP contribution in [0.25, 0.3) is 0 Å². The number of nitrogens with zero attached hydrogens (tertiary/aromatic N) is 1. The minimum atomic E-state index is 0.0220. The van der Waals surface area contributed by atoms with Crippen molar-refractivity contribution in [2.45, 2.75) is 51.1 Å². The van der Waals surface area contributed by atoms with Crippen molar-refractivity contribution in [3.63, 3.8) is 0 Å². The van der Waals surface area contributed by atoms with Crippen LogP contribution < -0.4 is 10.6 Å². The summed E-state index contributed by atoms with van der Waals surface area (Å²) in [6.07, 6.45) is 5.03. The number of amides is 2. The van der Waals surface area contributed by atoms with E-state index in [1.54, 1.807) is 6.92 Å². The van der Waals surface area contributed by atoms with E-state index in [4.69, 9.17) is 0 Å². The van der Waals surface area contributed by atoms with Gasteiger partial charge < -0.3 is 15.5 Å². The van der Waals surface area contributed by atoms with Gasteiger partial charge in [0.15, 0.2) is 0 Å². The Morgan fingerprint density at radius 3 is 2.44 bits per heavy atom. The topological polar surface area (TPSA) is 61.4 Å². The lowest BCUT2D eigenvalue weighted by atomic mass is 10.0. The molecule has 2 aliphatic rings. The van der Waals surface area contributed by atoms with Gasteiger partial charge in [-0.25, -0.2) is 0 Å². The van der Waals surface area contributed by atoms with Crippen molar-refractivity contribution in [3.8, 4) is 0 Å². The third-order valence-electron chi connectivity index (χ3n) is 3.82. The summed E-state index contributed by atoms with van der Waals surface area (Å²) in [5.41, 5.74) is 0. The van der Waals surface area contributed by atoms with E-state index in [2.05, 4.69) is 10.6 Å². The van der Waals surface area contributed by atoms with E-state index < -0.39 is 0 Å². The van der Waals surface area contributed by atoms with Crippen LogP contribution in [0, 0.1) is 0 Å². The van der Waals surface area contributed by atoms with Crippen molar-refractivity contribution in [2.24, 2.45) is 0 Å². The number of nitrogens with one attached hydrogen (secondary N) is 2. The van der Waals surface area contributed by atoms with E-state index in [0.717, 1.165) is 45.3 Å². The van der Waals surface area contributed by atoms with E-state index in [-0.39, 0.29) is 23.9 Å². The van der Waals surface area contributed by atoms with Gasteiger partial charge in [0.25, 0.3) is 0 Å². The van der Waals surface area contributed by atoms with Gasteiger partial charge in [-0.05, 0) is 32.2 Å². The Morgan fingerprint density at radius 1 is 1.17 bits per heavy atom. The molecule has 0 spiro atoms. The fourth-order valence-electron chi connectivity index (χ4n) is 2.81. The molecule has 2 amide bonds. The molecular formula is C13H23N3O2. The highest BCUT2D eigenvalue weighted by Gasteiger charge is 2.28. The molecule has 5 nitrogen and oxygen atoms in total. The number of rotatable bonds is 2. The standard InChI is InChI=1S/C13H23N3O2/c1-10(17)15-11-5-8-16(9-6-11)13(18)12-4-2-3-7-14-12/h11-12,14H,2-9H2,1H3,(H,15,17)/t12-/m0/s1. The summed E-state index contributed by atoms with van der Waals surface area (Å²) in [5.74, 6) is 0.268. The molecule has 2 saturated heterocycles. The maximum Gasteiger partial charge on any atom is 0.239 e. The highest BCUT2D eigenvalue weighted by Crippen LogP contribution is 2.15. The van der Waals surface area contributed by atoms with Gasteiger partial charge in [-0.2, -0.15) is 0 Å². The number of piperidine rings is 2. The molecule has 2 fully saturated rings. The van der Waals surface area contributed by atoms with Crippen molar-refractivity contribution < 1.29 is 9.59 Å². The van der Waals surface area contributed by atoms with Crippen molar-refractivity contribution >= 4 is 11.8 Å². The zero-order valence-electron chi connectivity index (χ0n) is 11.1. The minimum absolute atomic E-state index is 0.0220. The molecule has 0 aromatic rings. The van der Waals surface area contributed by atoms with Crippen LogP contribution in [0.5, 0.6) is 0 Å². The average molecular weight is 253 g/mol. The minimum Gasteiger partial charge on any atom is -0.353 e. The Labute approximate surface area is 108 Å².